The third-order valence-electron chi connectivity index (χ3n) is 2.46. The Kier molecular flexibility index (Phi) is 2.53. The fourth-order valence-electron chi connectivity index (χ4n) is 1.92. The van der Waals surface area contributed by atoms with E-state index >= 15 is 0 Å². The molecule has 2 rings (SSSR count). The summed E-state index contributed by atoms with van der Waals surface area (Å²) < 4.78 is 32.2. The largest absolute Gasteiger partial charge is 0.378 e. The molecule has 76 valence electrons. The third-order valence-corrected chi connectivity index (χ3v) is 3.61. The Morgan fingerprint density at radius 1 is 1.38 bits per heavy atom. The Morgan fingerprint density at radius 2 is 2.15 bits per heavy atom. The summed E-state index contributed by atoms with van der Waals surface area (Å²) >= 11 is 0. The molecule has 2 aliphatic rings. The van der Waals surface area contributed by atoms with Crippen LogP contribution in [0.2, 0.25) is 0 Å². The first kappa shape index (κ1) is 9.71. The second-order valence-electron chi connectivity index (χ2n) is 3.54. The molecule has 4 nitrogen and oxygen atoms in total. The number of halogens is 1. The van der Waals surface area contributed by atoms with Gasteiger partial charge in [0.25, 0.3) is 0 Å². The highest BCUT2D eigenvalue weighted by molar-refractivity contribution is 8.13. The van der Waals surface area contributed by atoms with Gasteiger partial charge in [-0.2, -0.15) is 0 Å². The third kappa shape index (κ3) is 2.34. The molecule has 2 saturated heterocycles. The van der Waals surface area contributed by atoms with Crippen molar-refractivity contribution in [2.24, 2.45) is 5.92 Å². The van der Waals surface area contributed by atoms with Gasteiger partial charge in [0.2, 0.25) is 9.05 Å². The average molecular weight is 227 g/mol. The number of fused-ring (bicyclic) bond motifs is 1. The van der Waals surface area contributed by atoms with E-state index in [1.54, 1.807) is 0 Å². The quantitative estimate of drug-likeness (QED) is 0.638. The molecule has 0 bridgehead atoms. The van der Waals surface area contributed by atoms with Crippen LogP contribution in [0.3, 0.4) is 0 Å². The van der Waals surface area contributed by atoms with Crippen molar-refractivity contribution >= 4 is 19.7 Å². The molecule has 0 aromatic rings. The Morgan fingerprint density at radius 3 is 2.77 bits per heavy atom. The first-order valence-corrected chi connectivity index (χ1v) is 6.68. The fourth-order valence-corrected chi connectivity index (χ4v) is 3.00. The summed E-state index contributed by atoms with van der Waals surface area (Å²) in [6.07, 6.45) is 0.598. The average Bonchev–Trinajstić information content (AvgIpc) is 2.40. The normalized spacial score (nSPS) is 39.3. The number of ether oxygens (including phenoxy) is 2. The van der Waals surface area contributed by atoms with Gasteiger partial charge in [-0.15, -0.1) is 0 Å². The van der Waals surface area contributed by atoms with Gasteiger partial charge in [0.05, 0.1) is 31.2 Å². The van der Waals surface area contributed by atoms with Crippen LogP contribution in [0.5, 0.6) is 0 Å². The van der Waals surface area contributed by atoms with Crippen molar-refractivity contribution in [2.45, 2.75) is 18.6 Å². The SMILES string of the molecule is O=S(=O)(Cl)CC1CC2COCC2O1. The van der Waals surface area contributed by atoms with Crippen LogP contribution in [0, 0.1) is 5.92 Å². The lowest BCUT2D eigenvalue weighted by atomic mass is 10.0. The van der Waals surface area contributed by atoms with Crippen LogP contribution in [0.1, 0.15) is 6.42 Å². The maximum Gasteiger partial charge on any atom is 0.235 e. The standard InChI is InChI=1S/C7H11ClO4S/c8-13(9,10)4-6-1-5-2-11-3-7(5)12-6/h5-7H,1-4H2. The minimum atomic E-state index is -3.43. The van der Waals surface area contributed by atoms with Gasteiger partial charge in [-0.05, 0) is 6.42 Å². The Hall–Kier alpha value is 0.160. The van der Waals surface area contributed by atoms with Crippen molar-refractivity contribution in [2.75, 3.05) is 19.0 Å². The molecule has 0 saturated carbocycles. The van der Waals surface area contributed by atoms with Gasteiger partial charge in [-0.25, -0.2) is 8.42 Å². The molecule has 2 aliphatic heterocycles. The number of rotatable bonds is 2. The molecule has 2 heterocycles. The molecule has 0 aliphatic carbocycles. The lowest BCUT2D eigenvalue weighted by Gasteiger charge is -2.09. The topological polar surface area (TPSA) is 52.6 Å². The first-order chi connectivity index (χ1) is 6.04. The zero-order chi connectivity index (χ0) is 9.47. The number of hydrogen-bond acceptors (Lipinski definition) is 4. The number of hydrogen-bond donors (Lipinski definition) is 0. The molecular weight excluding hydrogens is 216 g/mol. The molecular formula is C7H11ClO4S. The fraction of sp³-hybridized carbons (Fsp3) is 1.00. The van der Waals surface area contributed by atoms with Crippen molar-refractivity contribution in [3.05, 3.63) is 0 Å². The van der Waals surface area contributed by atoms with Crippen LogP contribution in [-0.4, -0.2) is 39.6 Å². The van der Waals surface area contributed by atoms with E-state index in [9.17, 15) is 8.42 Å². The van der Waals surface area contributed by atoms with Crippen LogP contribution < -0.4 is 0 Å². The molecule has 0 radical (unpaired) electrons. The smallest absolute Gasteiger partial charge is 0.235 e. The van der Waals surface area contributed by atoms with Gasteiger partial charge in [0, 0.05) is 16.6 Å². The van der Waals surface area contributed by atoms with Gasteiger partial charge >= 0.3 is 0 Å². The Balaban J connectivity index is 1.92. The highest BCUT2D eigenvalue weighted by Gasteiger charge is 2.40. The van der Waals surface area contributed by atoms with E-state index in [0.29, 0.717) is 19.1 Å². The van der Waals surface area contributed by atoms with E-state index in [4.69, 9.17) is 20.2 Å². The predicted octanol–water partition coefficient (Wildman–Crippen LogP) is 0.359. The van der Waals surface area contributed by atoms with Crippen molar-refractivity contribution in [3.63, 3.8) is 0 Å². The molecule has 0 amide bonds. The minimum Gasteiger partial charge on any atom is -0.378 e. The van der Waals surface area contributed by atoms with E-state index in [1.165, 1.54) is 0 Å². The molecule has 0 aromatic carbocycles. The second kappa shape index (κ2) is 3.38. The van der Waals surface area contributed by atoms with E-state index in [2.05, 4.69) is 0 Å². The van der Waals surface area contributed by atoms with Gasteiger partial charge < -0.3 is 9.47 Å². The summed E-state index contributed by atoms with van der Waals surface area (Å²) in [6, 6.07) is 0. The van der Waals surface area contributed by atoms with Crippen LogP contribution in [0.4, 0.5) is 0 Å². The summed E-state index contributed by atoms with van der Waals surface area (Å²) in [7, 11) is 1.70. The van der Waals surface area contributed by atoms with E-state index in [-0.39, 0.29) is 18.0 Å². The summed E-state index contributed by atoms with van der Waals surface area (Å²) in [4.78, 5) is 0. The lowest BCUT2D eigenvalue weighted by molar-refractivity contribution is 0.0301. The van der Waals surface area contributed by atoms with Gasteiger partial charge in [0.15, 0.2) is 0 Å². The highest BCUT2D eigenvalue weighted by Crippen LogP contribution is 2.32. The highest BCUT2D eigenvalue weighted by atomic mass is 35.7. The second-order valence-corrected chi connectivity index (χ2v) is 6.36. The van der Waals surface area contributed by atoms with E-state index in [1.807, 2.05) is 0 Å². The zero-order valence-electron chi connectivity index (χ0n) is 6.98. The van der Waals surface area contributed by atoms with Crippen molar-refractivity contribution in [3.8, 4) is 0 Å². The van der Waals surface area contributed by atoms with Gasteiger partial charge in [-0.3, -0.25) is 0 Å². The molecule has 0 N–H and O–H groups in total. The van der Waals surface area contributed by atoms with Gasteiger partial charge in [0.1, 0.15) is 0 Å². The Bertz CT molecular complexity index is 277. The van der Waals surface area contributed by atoms with Crippen LogP contribution in [0.15, 0.2) is 0 Å². The molecule has 0 aromatic heterocycles. The van der Waals surface area contributed by atoms with E-state index < -0.39 is 9.05 Å². The monoisotopic (exact) mass is 226 g/mol. The van der Waals surface area contributed by atoms with Crippen molar-refractivity contribution in [1.82, 2.24) is 0 Å². The zero-order valence-corrected chi connectivity index (χ0v) is 8.55. The minimum absolute atomic E-state index is 0.0818. The predicted molar refractivity (Wildman–Crippen MR) is 47.2 cm³/mol. The van der Waals surface area contributed by atoms with Crippen LogP contribution in [-0.2, 0) is 18.5 Å². The van der Waals surface area contributed by atoms with Crippen molar-refractivity contribution in [1.29, 1.82) is 0 Å². The summed E-state index contributed by atoms with van der Waals surface area (Å²) in [5.41, 5.74) is 0. The first-order valence-electron chi connectivity index (χ1n) is 4.20. The van der Waals surface area contributed by atoms with Crippen molar-refractivity contribution < 1.29 is 17.9 Å². The maximum absolute atomic E-state index is 10.8. The molecule has 6 heteroatoms. The summed E-state index contributed by atoms with van der Waals surface area (Å²) in [6.45, 7) is 1.27. The summed E-state index contributed by atoms with van der Waals surface area (Å²) in [5, 5.41) is 0. The molecule has 0 spiro atoms. The molecule has 13 heavy (non-hydrogen) atoms. The molecule has 3 atom stereocenters. The van der Waals surface area contributed by atoms with Gasteiger partial charge in [-0.1, -0.05) is 0 Å². The van der Waals surface area contributed by atoms with E-state index in [0.717, 1.165) is 6.42 Å². The summed E-state index contributed by atoms with van der Waals surface area (Å²) in [5.74, 6) is 0.282. The van der Waals surface area contributed by atoms with Crippen LogP contribution in [0.25, 0.3) is 0 Å². The lowest BCUT2D eigenvalue weighted by Crippen LogP contribution is -2.20. The molecule has 3 unspecified atom stereocenters. The molecule has 2 fully saturated rings. The van der Waals surface area contributed by atoms with Crippen LogP contribution >= 0.6 is 10.7 Å². The maximum atomic E-state index is 10.8. The Labute approximate surface area is 81.6 Å².